The minimum atomic E-state index is -0.00205. The van der Waals surface area contributed by atoms with Crippen LogP contribution in [0.1, 0.15) is 24.2 Å². The van der Waals surface area contributed by atoms with E-state index in [2.05, 4.69) is 11.9 Å². The molecule has 1 aromatic carbocycles. The number of rotatable bonds is 3. The summed E-state index contributed by atoms with van der Waals surface area (Å²) in [4.78, 5) is 4.03. The zero-order chi connectivity index (χ0) is 11.5. The fourth-order valence-corrected chi connectivity index (χ4v) is 1.83. The Morgan fingerprint density at radius 2 is 2.06 bits per heavy atom. The number of nitrogens with zero attached hydrogens (tertiary/aromatic N) is 2. The zero-order valence-electron chi connectivity index (χ0n) is 8.97. The predicted molar refractivity (Wildman–Crippen MR) is 63.4 cm³/mol. The Labute approximate surface area is 99.3 Å². The van der Waals surface area contributed by atoms with Gasteiger partial charge in [0, 0.05) is 5.02 Å². The van der Waals surface area contributed by atoms with Crippen LogP contribution in [0.4, 0.5) is 0 Å². The largest absolute Gasteiger partial charge is 0.390 e. The van der Waals surface area contributed by atoms with Gasteiger partial charge in [0.05, 0.1) is 30.9 Å². The van der Waals surface area contributed by atoms with Crippen molar-refractivity contribution in [2.75, 3.05) is 0 Å². The van der Waals surface area contributed by atoms with Gasteiger partial charge in [0.25, 0.3) is 0 Å². The van der Waals surface area contributed by atoms with Crippen molar-refractivity contribution in [2.24, 2.45) is 0 Å². The first-order valence-corrected chi connectivity index (χ1v) is 5.47. The zero-order valence-corrected chi connectivity index (χ0v) is 9.72. The lowest BCUT2D eigenvalue weighted by atomic mass is 10.1. The van der Waals surface area contributed by atoms with Crippen LogP contribution in [0.3, 0.4) is 0 Å². The van der Waals surface area contributed by atoms with Gasteiger partial charge in [0.1, 0.15) is 0 Å². The van der Waals surface area contributed by atoms with E-state index in [9.17, 15) is 0 Å². The summed E-state index contributed by atoms with van der Waals surface area (Å²) in [7, 11) is 0. The Morgan fingerprint density at radius 1 is 1.38 bits per heavy atom. The predicted octanol–water partition coefficient (Wildman–Crippen LogP) is 2.64. The minimum absolute atomic E-state index is 0.00205. The highest BCUT2D eigenvalue weighted by molar-refractivity contribution is 6.30. The molecule has 3 nitrogen and oxygen atoms in total. The number of benzene rings is 1. The van der Waals surface area contributed by atoms with Gasteiger partial charge < -0.3 is 9.67 Å². The molecule has 0 amide bonds. The Balaban J connectivity index is 2.31. The smallest absolute Gasteiger partial charge is 0.0954 e. The summed E-state index contributed by atoms with van der Waals surface area (Å²) >= 11 is 5.84. The molecule has 1 heterocycles. The number of hydrogen-bond donors (Lipinski definition) is 1. The van der Waals surface area contributed by atoms with Crippen molar-refractivity contribution in [1.82, 2.24) is 9.55 Å². The lowest BCUT2D eigenvalue weighted by molar-refractivity contribution is 0.269. The average Bonchev–Trinajstić information content (AvgIpc) is 2.77. The molecule has 1 N–H and O–H groups in total. The molecular formula is C12H13ClN2O. The maximum atomic E-state index is 9.17. The molecule has 2 aromatic rings. The van der Waals surface area contributed by atoms with Crippen LogP contribution in [0.25, 0.3) is 0 Å². The van der Waals surface area contributed by atoms with E-state index >= 15 is 0 Å². The van der Waals surface area contributed by atoms with Crippen LogP contribution in [-0.4, -0.2) is 14.7 Å². The molecule has 0 aliphatic heterocycles. The average molecular weight is 237 g/mol. The molecule has 1 aromatic heterocycles. The van der Waals surface area contributed by atoms with Gasteiger partial charge >= 0.3 is 0 Å². The third kappa shape index (κ3) is 2.10. The van der Waals surface area contributed by atoms with Gasteiger partial charge in [0.2, 0.25) is 0 Å². The number of aliphatic hydroxyl groups is 1. The topological polar surface area (TPSA) is 38.0 Å². The number of aliphatic hydroxyl groups excluding tert-OH is 1. The highest BCUT2D eigenvalue weighted by Crippen LogP contribution is 2.21. The van der Waals surface area contributed by atoms with Crippen LogP contribution < -0.4 is 0 Å². The summed E-state index contributed by atoms with van der Waals surface area (Å²) in [6.45, 7) is 2.06. The SMILES string of the molecule is CC(c1ccc(Cl)cc1)n1cncc1CO. The quantitative estimate of drug-likeness (QED) is 0.890. The van der Waals surface area contributed by atoms with Crippen LogP contribution >= 0.6 is 11.6 Å². The second-order valence-electron chi connectivity index (χ2n) is 3.68. The van der Waals surface area contributed by atoms with E-state index in [1.54, 1.807) is 12.5 Å². The van der Waals surface area contributed by atoms with Gasteiger partial charge in [-0.1, -0.05) is 23.7 Å². The van der Waals surface area contributed by atoms with E-state index < -0.39 is 0 Å². The first kappa shape index (κ1) is 11.2. The van der Waals surface area contributed by atoms with Gasteiger partial charge in [-0.3, -0.25) is 0 Å². The van der Waals surface area contributed by atoms with Crippen LogP contribution in [0.15, 0.2) is 36.8 Å². The Bertz CT molecular complexity index is 464. The van der Waals surface area contributed by atoms with Crippen molar-refractivity contribution in [3.8, 4) is 0 Å². The van der Waals surface area contributed by atoms with Crippen LogP contribution in [0.5, 0.6) is 0 Å². The summed E-state index contributed by atoms with van der Waals surface area (Å²) in [5.41, 5.74) is 1.94. The molecule has 0 fully saturated rings. The molecule has 1 unspecified atom stereocenters. The van der Waals surface area contributed by atoms with Crippen LogP contribution in [0.2, 0.25) is 5.02 Å². The first-order chi connectivity index (χ1) is 7.72. The molecule has 0 saturated carbocycles. The molecule has 4 heteroatoms. The monoisotopic (exact) mass is 236 g/mol. The van der Waals surface area contributed by atoms with E-state index in [0.29, 0.717) is 0 Å². The normalized spacial score (nSPS) is 12.7. The molecule has 0 aliphatic rings. The molecule has 16 heavy (non-hydrogen) atoms. The standard InChI is InChI=1S/C12H13ClN2O/c1-9(10-2-4-11(13)5-3-10)15-8-14-6-12(15)7-16/h2-6,8-9,16H,7H2,1H3. The van der Waals surface area contributed by atoms with Crippen molar-refractivity contribution in [2.45, 2.75) is 19.6 Å². The fraction of sp³-hybridized carbons (Fsp3) is 0.250. The lowest BCUT2D eigenvalue weighted by Gasteiger charge is -2.16. The van der Waals surface area contributed by atoms with Crippen molar-refractivity contribution in [1.29, 1.82) is 0 Å². The summed E-state index contributed by atoms with van der Waals surface area (Å²) < 4.78 is 1.95. The Hall–Kier alpha value is -1.32. The van der Waals surface area contributed by atoms with Gasteiger partial charge in [-0.05, 0) is 24.6 Å². The minimum Gasteiger partial charge on any atom is -0.390 e. The number of imidazole rings is 1. The van der Waals surface area contributed by atoms with Gasteiger partial charge in [-0.15, -0.1) is 0 Å². The molecule has 2 rings (SSSR count). The second kappa shape index (κ2) is 4.68. The summed E-state index contributed by atoms with van der Waals surface area (Å²) in [6.07, 6.45) is 3.40. The molecule has 0 spiro atoms. The molecule has 0 bridgehead atoms. The van der Waals surface area contributed by atoms with Crippen molar-refractivity contribution in [3.05, 3.63) is 53.1 Å². The van der Waals surface area contributed by atoms with E-state index in [0.717, 1.165) is 16.3 Å². The lowest BCUT2D eigenvalue weighted by Crippen LogP contribution is -2.08. The van der Waals surface area contributed by atoms with E-state index in [4.69, 9.17) is 16.7 Å². The maximum Gasteiger partial charge on any atom is 0.0954 e. The van der Waals surface area contributed by atoms with Crippen molar-refractivity contribution >= 4 is 11.6 Å². The molecular weight excluding hydrogens is 224 g/mol. The molecule has 0 saturated heterocycles. The Morgan fingerprint density at radius 3 is 2.69 bits per heavy atom. The third-order valence-electron chi connectivity index (χ3n) is 2.68. The van der Waals surface area contributed by atoms with Gasteiger partial charge in [0.15, 0.2) is 0 Å². The number of hydrogen-bond acceptors (Lipinski definition) is 2. The van der Waals surface area contributed by atoms with Gasteiger partial charge in [-0.2, -0.15) is 0 Å². The highest BCUT2D eigenvalue weighted by Gasteiger charge is 2.10. The molecule has 0 aliphatic carbocycles. The van der Waals surface area contributed by atoms with Crippen molar-refractivity contribution in [3.63, 3.8) is 0 Å². The second-order valence-corrected chi connectivity index (χ2v) is 4.11. The van der Waals surface area contributed by atoms with E-state index in [-0.39, 0.29) is 12.6 Å². The molecule has 1 atom stereocenters. The van der Waals surface area contributed by atoms with Crippen LogP contribution in [-0.2, 0) is 6.61 Å². The third-order valence-corrected chi connectivity index (χ3v) is 2.93. The van der Waals surface area contributed by atoms with E-state index in [1.165, 1.54) is 0 Å². The fourth-order valence-electron chi connectivity index (χ4n) is 1.71. The summed E-state index contributed by atoms with van der Waals surface area (Å²) in [6, 6.07) is 7.83. The maximum absolute atomic E-state index is 9.17. The summed E-state index contributed by atoms with van der Waals surface area (Å²) in [5.74, 6) is 0. The molecule has 84 valence electrons. The molecule has 0 radical (unpaired) electrons. The highest BCUT2D eigenvalue weighted by atomic mass is 35.5. The van der Waals surface area contributed by atoms with Crippen molar-refractivity contribution < 1.29 is 5.11 Å². The summed E-state index contributed by atoms with van der Waals surface area (Å²) in [5, 5.41) is 9.89. The first-order valence-electron chi connectivity index (χ1n) is 5.09. The van der Waals surface area contributed by atoms with Crippen LogP contribution in [0, 0.1) is 0 Å². The van der Waals surface area contributed by atoms with E-state index in [1.807, 2.05) is 28.8 Å². The van der Waals surface area contributed by atoms with Gasteiger partial charge in [-0.25, -0.2) is 4.98 Å². The Kier molecular flexibility index (Phi) is 3.27. The number of halogens is 1. The number of aromatic nitrogens is 2.